The first-order valence-electron chi connectivity index (χ1n) is 13.8. The van der Waals surface area contributed by atoms with Gasteiger partial charge in [0, 0.05) is 5.92 Å². The third-order valence-corrected chi connectivity index (χ3v) is 6.97. The number of hydrazine groups is 1. The van der Waals surface area contributed by atoms with Crippen molar-refractivity contribution in [2.45, 2.75) is 19.3 Å². The molecule has 6 nitrogen and oxygen atoms in total. The van der Waals surface area contributed by atoms with Crippen molar-refractivity contribution in [2.24, 2.45) is 5.92 Å². The van der Waals surface area contributed by atoms with Crippen molar-refractivity contribution in [2.75, 3.05) is 0 Å². The molecule has 4 aromatic carbocycles. The largest absolute Gasteiger partial charge is 0.443 e. The van der Waals surface area contributed by atoms with Gasteiger partial charge in [-0.15, -0.1) is 6.58 Å². The molecule has 0 fully saturated rings. The first-order chi connectivity index (χ1) is 20.6. The number of hydrogen-bond acceptors (Lipinski definition) is 4. The molecule has 1 aliphatic carbocycles. The van der Waals surface area contributed by atoms with Crippen LogP contribution in [0, 0.1) is 5.92 Å². The molecule has 0 radical (unpaired) electrons. The van der Waals surface area contributed by atoms with Crippen molar-refractivity contribution in [1.29, 1.82) is 0 Å². The summed E-state index contributed by atoms with van der Waals surface area (Å²) in [6.07, 6.45) is 4.24. The molecule has 0 unspecified atom stereocenters. The summed E-state index contributed by atoms with van der Waals surface area (Å²) in [5, 5.41) is 1.23. The Morgan fingerprint density at radius 1 is 0.714 bits per heavy atom. The molecule has 210 valence electrons. The van der Waals surface area contributed by atoms with Crippen LogP contribution in [0.4, 0.5) is 9.59 Å². The third kappa shape index (κ3) is 6.85. The van der Waals surface area contributed by atoms with Crippen molar-refractivity contribution in [3.05, 3.63) is 174 Å². The van der Waals surface area contributed by atoms with E-state index < -0.39 is 18.2 Å². The maximum Gasteiger partial charge on any atom is 0.429 e. The standard InChI is InChI=1S/C36H32N2O4/c1-2-29-23-24-32(33(30-19-11-5-12-20-30)31-21-13-6-14-22-31)34(29)38(36(40)42-26-28-17-9-4-10-18-28)37-35(39)41-25-27-15-7-3-8-16-27/h2-24,29,34H,1,25-26H2,(H,37,39)/t29-,34+/m0/s1. The lowest BCUT2D eigenvalue weighted by atomic mass is 9.88. The minimum Gasteiger partial charge on any atom is -0.443 e. The van der Waals surface area contributed by atoms with Crippen LogP contribution < -0.4 is 5.43 Å². The lowest BCUT2D eigenvalue weighted by Crippen LogP contribution is -2.54. The number of amides is 2. The molecule has 0 bridgehead atoms. The molecule has 0 spiro atoms. The SMILES string of the molecule is C=C[C@H]1C=CC(=C(c2ccccc2)c2ccccc2)[C@@H]1N(NC(=O)OCc1ccccc1)C(=O)OCc1ccccc1. The molecule has 0 saturated heterocycles. The van der Waals surface area contributed by atoms with Crippen LogP contribution in [0.5, 0.6) is 0 Å². The van der Waals surface area contributed by atoms with Gasteiger partial charge in [0.15, 0.2) is 0 Å². The highest BCUT2D eigenvalue weighted by atomic mass is 16.6. The molecule has 4 aromatic rings. The van der Waals surface area contributed by atoms with E-state index in [1.807, 2.05) is 133 Å². The van der Waals surface area contributed by atoms with E-state index in [0.717, 1.165) is 33.4 Å². The molecular formula is C36H32N2O4. The Kier molecular flexibility index (Phi) is 9.27. The predicted molar refractivity (Wildman–Crippen MR) is 164 cm³/mol. The van der Waals surface area contributed by atoms with Gasteiger partial charge in [-0.25, -0.2) is 20.0 Å². The first kappa shape index (κ1) is 28.2. The predicted octanol–water partition coefficient (Wildman–Crippen LogP) is 7.71. The molecule has 0 aromatic heterocycles. The van der Waals surface area contributed by atoms with E-state index in [-0.39, 0.29) is 19.1 Å². The average Bonchev–Trinajstić information content (AvgIpc) is 3.47. The number of nitrogens with zero attached hydrogens (tertiary/aromatic N) is 1. The Labute approximate surface area is 246 Å². The molecule has 2 atom stereocenters. The van der Waals surface area contributed by atoms with Gasteiger partial charge in [0.1, 0.15) is 13.2 Å². The van der Waals surface area contributed by atoms with Gasteiger partial charge >= 0.3 is 12.2 Å². The summed E-state index contributed by atoms with van der Waals surface area (Å²) in [5.41, 5.74) is 8.06. The van der Waals surface area contributed by atoms with Gasteiger partial charge in [0.05, 0.1) is 6.04 Å². The molecule has 5 rings (SSSR count). The highest BCUT2D eigenvalue weighted by Crippen LogP contribution is 2.38. The van der Waals surface area contributed by atoms with E-state index in [0.29, 0.717) is 0 Å². The fourth-order valence-corrected chi connectivity index (χ4v) is 4.96. The van der Waals surface area contributed by atoms with Gasteiger partial charge in [-0.1, -0.05) is 140 Å². The first-order valence-corrected chi connectivity index (χ1v) is 13.8. The van der Waals surface area contributed by atoms with Gasteiger partial charge in [-0.3, -0.25) is 0 Å². The number of hydrogen-bond donors (Lipinski definition) is 1. The molecule has 1 N–H and O–H groups in total. The minimum atomic E-state index is -0.773. The number of ether oxygens (including phenoxy) is 2. The molecule has 1 aliphatic rings. The monoisotopic (exact) mass is 556 g/mol. The summed E-state index contributed by atoms with van der Waals surface area (Å²) in [6.45, 7) is 4.12. The zero-order chi connectivity index (χ0) is 29.1. The summed E-state index contributed by atoms with van der Waals surface area (Å²) in [4.78, 5) is 26.9. The molecule has 0 saturated carbocycles. The van der Waals surface area contributed by atoms with Gasteiger partial charge in [-0.2, -0.15) is 0 Å². The number of carbonyl (C=O) groups is 2. The van der Waals surface area contributed by atoms with Crippen LogP contribution in [-0.4, -0.2) is 23.2 Å². The second-order valence-corrected chi connectivity index (χ2v) is 9.76. The molecule has 42 heavy (non-hydrogen) atoms. The average molecular weight is 557 g/mol. The summed E-state index contributed by atoms with van der Waals surface area (Å²) in [5.74, 6) is -0.305. The Morgan fingerprint density at radius 3 is 1.69 bits per heavy atom. The number of rotatable bonds is 8. The Hall–Kier alpha value is -5.36. The van der Waals surface area contributed by atoms with Crippen LogP contribution in [0.2, 0.25) is 0 Å². The quantitative estimate of drug-likeness (QED) is 0.178. The Morgan fingerprint density at radius 2 is 1.19 bits per heavy atom. The number of benzene rings is 4. The fourth-order valence-electron chi connectivity index (χ4n) is 4.96. The van der Waals surface area contributed by atoms with Crippen molar-refractivity contribution in [3.63, 3.8) is 0 Å². The number of nitrogens with one attached hydrogen (secondary N) is 1. The highest BCUT2D eigenvalue weighted by Gasteiger charge is 2.38. The zero-order valence-electron chi connectivity index (χ0n) is 23.1. The van der Waals surface area contributed by atoms with E-state index in [4.69, 9.17) is 9.47 Å². The summed E-state index contributed by atoms with van der Waals surface area (Å²) in [6, 6.07) is 38.0. The Balaban J connectivity index is 1.52. The molecular weight excluding hydrogens is 524 g/mol. The van der Waals surface area contributed by atoms with Crippen molar-refractivity contribution < 1.29 is 19.1 Å². The second kappa shape index (κ2) is 13.8. The van der Waals surface area contributed by atoms with Crippen molar-refractivity contribution >= 4 is 17.8 Å². The molecule has 6 heteroatoms. The normalized spacial score (nSPS) is 15.5. The van der Waals surface area contributed by atoms with Crippen LogP contribution in [0.15, 0.2) is 152 Å². The van der Waals surface area contributed by atoms with Crippen molar-refractivity contribution in [1.82, 2.24) is 10.4 Å². The zero-order valence-corrected chi connectivity index (χ0v) is 23.1. The van der Waals surface area contributed by atoms with E-state index in [2.05, 4.69) is 12.0 Å². The maximum atomic E-state index is 13.8. The molecule has 0 heterocycles. The van der Waals surface area contributed by atoms with E-state index in [1.165, 1.54) is 5.01 Å². The van der Waals surface area contributed by atoms with Crippen LogP contribution in [0.3, 0.4) is 0 Å². The van der Waals surface area contributed by atoms with E-state index >= 15 is 0 Å². The highest BCUT2D eigenvalue weighted by molar-refractivity contribution is 5.86. The maximum absolute atomic E-state index is 13.8. The van der Waals surface area contributed by atoms with E-state index in [9.17, 15) is 9.59 Å². The lowest BCUT2D eigenvalue weighted by Gasteiger charge is -2.33. The molecule has 2 amide bonds. The summed E-state index contributed by atoms with van der Waals surface area (Å²) < 4.78 is 11.2. The van der Waals surface area contributed by atoms with Gasteiger partial charge in [-0.05, 0) is 33.4 Å². The van der Waals surface area contributed by atoms with Crippen LogP contribution >= 0.6 is 0 Å². The van der Waals surface area contributed by atoms with E-state index in [1.54, 1.807) is 6.08 Å². The Bertz CT molecular complexity index is 1510. The van der Waals surface area contributed by atoms with Crippen LogP contribution in [0.1, 0.15) is 22.3 Å². The van der Waals surface area contributed by atoms with Gasteiger partial charge in [0.2, 0.25) is 0 Å². The third-order valence-electron chi connectivity index (χ3n) is 6.97. The van der Waals surface area contributed by atoms with Gasteiger partial charge < -0.3 is 9.47 Å². The topological polar surface area (TPSA) is 67.9 Å². The van der Waals surface area contributed by atoms with Gasteiger partial charge in [0.25, 0.3) is 0 Å². The summed E-state index contributed by atoms with van der Waals surface area (Å²) >= 11 is 0. The number of carbonyl (C=O) groups excluding carboxylic acids is 2. The minimum absolute atomic E-state index is 0.0408. The molecule has 0 aliphatic heterocycles. The fraction of sp³-hybridized carbons (Fsp3) is 0.111. The van der Waals surface area contributed by atoms with Crippen LogP contribution in [-0.2, 0) is 22.7 Å². The van der Waals surface area contributed by atoms with Crippen molar-refractivity contribution in [3.8, 4) is 0 Å². The van der Waals surface area contributed by atoms with Crippen LogP contribution in [0.25, 0.3) is 5.57 Å². The smallest absolute Gasteiger partial charge is 0.429 e. The second-order valence-electron chi connectivity index (χ2n) is 9.76. The summed E-state index contributed by atoms with van der Waals surface area (Å²) in [7, 11) is 0. The lowest BCUT2D eigenvalue weighted by molar-refractivity contribution is 0.0500.